The monoisotopic (exact) mass is 389 g/mol. The van der Waals surface area contributed by atoms with Crippen molar-refractivity contribution in [3.63, 3.8) is 0 Å². The Morgan fingerprint density at radius 2 is 2.00 bits per heavy atom. The number of pyridine rings is 1. The first-order valence-electron chi connectivity index (χ1n) is 9.31. The maximum absolute atomic E-state index is 9.16. The van der Waals surface area contributed by atoms with Crippen molar-refractivity contribution in [1.29, 1.82) is 5.26 Å². The zero-order chi connectivity index (χ0) is 19.3. The van der Waals surface area contributed by atoms with Gasteiger partial charge in [-0.2, -0.15) is 5.26 Å². The molecule has 1 fully saturated rings. The fraction of sp³-hybridized carbons (Fsp3) is 0.217. The molecule has 0 bridgehead atoms. The molecule has 1 atom stereocenters. The van der Waals surface area contributed by atoms with Crippen LogP contribution in [0.2, 0.25) is 5.02 Å². The highest BCUT2D eigenvalue weighted by Crippen LogP contribution is 2.32. The predicted octanol–water partition coefficient (Wildman–Crippen LogP) is 5.39. The largest absolute Gasteiger partial charge is 0.436 e. The molecule has 1 unspecified atom stereocenters. The lowest BCUT2D eigenvalue weighted by Crippen LogP contribution is -2.19. The molecule has 0 radical (unpaired) electrons. The van der Waals surface area contributed by atoms with Crippen LogP contribution in [0.15, 0.2) is 66.9 Å². The third-order valence-electron chi connectivity index (χ3n) is 5.04. The number of hydrogen-bond acceptors (Lipinski definition) is 4. The van der Waals surface area contributed by atoms with E-state index in [1.54, 1.807) is 18.3 Å². The number of halogens is 1. The molecule has 4 rings (SSSR count). The Morgan fingerprint density at radius 1 is 1.14 bits per heavy atom. The van der Waals surface area contributed by atoms with Crippen molar-refractivity contribution >= 4 is 11.6 Å². The summed E-state index contributed by atoms with van der Waals surface area (Å²) in [7, 11) is 0. The van der Waals surface area contributed by atoms with Crippen molar-refractivity contribution in [3.8, 4) is 17.7 Å². The molecule has 5 heteroatoms. The van der Waals surface area contributed by atoms with Gasteiger partial charge in [0.25, 0.3) is 0 Å². The Balaban J connectivity index is 1.42. The van der Waals surface area contributed by atoms with Crippen LogP contribution in [-0.4, -0.2) is 23.0 Å². The van der Waals surface area contributed by atoms with E-state index in [0.29, 0.717) is 22.3 Å². The first-order valence-corrected chi connectivity index (χ1v) is 9.69. The van der Waals surface area contributed by atoms with E-state index in [0.717, 1.165) is 25.2 Å². The fourth-order valence-corrected chi connectivity index (χ4v) is 3.86. The third kappa shape index (κ3) is 4.17. The molecule has 1 aliphatic rings. The zero-order valence-electron chi connectivity index (χ0n) is 15.4. The minimum atomic E-state index is 0.268. The van der Waals surface area contributed by atoms with Gasteiger partial charge in [0.15, 0.2) is 0 Å². The Hall–Kier alpha value is -2.87. The van der Waals surface area contributed by atoms with Gasteiger partial charge in [-0.15, -0.1) is 0 Å². The van der Waals surface area contributed by atoms with Crippen molar-refractivity contribution < 1.29 is 4.74 Å². The van der Waals surface area contributed by atoms with Gasteiger partial charge < -0.3 is 4.74 Å². The first-order chi connectivity index (χ1) is 13.7. The Morgan fingerprint density at radius 3 is 2.79 bits per heavy atom. The molecular weight excluding hydrogens is 370 g/mol. The molecule has 3 aromatic rings. The molecule has 0 saturated carbocycles. The van der Waals surface area contributed by atoms with Crippen molar-refractivity contribution in [3.05, 3.63) is 88.6 Å². The van der Waals surface area contributed by atoms with Gasteiger partial charge in [-0.05, 0) is 54.3 Å². The molecule has 1 saturated heterocycles. The second-order valence-corrected chi connectivity index (χ2v) is 7.37. The minimum Gasteiger partial charge on any atom is -0.436 e. The highest BCUT2D eigenvalue weighted by Gasteiger charge is 2.23. The van der Waals surface area contributed by atoms with Gasteiger partial charge in [-0.25, -0.2) is 4.98 Å². The topological polar surface area (TPSA) is 49.1 Å². The zero-order valence-corrected chi connectivity index (χ0v) is 16.1. The highest BCUT2D eigenvalue weighted by atomic mass is 35.5. The molecule has 2 heterocycles. The number of ether oxygens (including phenoxy) is 1. The van der Waals surface area contributed by atoms with Gasteiger partial charge in [0.1, 0.15) is 17.4 Å². The summed E-state index contributed by atoms with van der Waals surface area (Å²) in [5, 5.41) is 9.68. The summed E-state index contributed by atoms with van der Waals surface area (Å²) in [5.41, 5.74) is 2.94. The van der Waals surface area contributed by atoms with Gasteiger partial charge >= 0.3 is 0 Å². The summed E-state index contributed by atoms with van der Waals surface area (Å²) in [5.74, 6) is 1.36. The molecule has 2 aromatic carbocycles. The Kier molecular flexibility index (Phi) is 5.57. The second-order valence-electron chi connectivity index (χ2n) is 6.97. The number of rotatable bonds is 5. The second kappa shape index (κ2) is 8.43. The van der Waals surface area contributed by atoms with Crippen LogP contribution >= 0.6 is 11.6 Å². The SMILES string of the molecule is N#Cc1cccnc1Oc1ccc(CN2CCC(c3ccccc3)C2)cc1Cl. The van der Waals surface area contributed by atoms with E-state index in [1.165, 1.54) is 12.0 Å². The number of aromatic nitrogens is 1. The van der Waals surface area contributed by atoms with Crippen LogP contribution in [0, 0.1) is 11.3 Å². The smallest absolute Gasteiger partial charge is 0.237 e. The van der Waals surface area contributed by atoms with Crippen LogP contribution in [0.5, 0.6) is 11.6 Å². The van der Waals surface area contributed by atoms with Crippen molar-refractivity contribution in [1.82, 2.24) is 9.88 Å². The predicted molar refractivity (Wildman–Crippen MR) is 110 cm³/mol. The molecule has 1 aliphatic heterocycles. The van der Waals surface area contributed by atoms with Crippen LogP contribution in [0.25, 0.3) is 0 Å². The maximum atomic E-state index is 9.16. The fourth-order valence-electron chi connectivity index (χ4n) is 3.62. The van der Waals surface area contributed by atoms with Gasteiger partial charge in [-0.1, -0.05) is 48.0 Å². The van der Waals surface area contributed by atoms with Crippen LogP contribution in [-0.2, 0) is 6.54 Å². The summed E-state index contributed by atoms with van der Waals surface area (Å²) in [6.07, 6.45) is 2.77. The van der Waals surface area contributed by atoms with Crippen LogP contribution in [0.1, 0.15) is 29.0 Å². The lowest BCUT2D eigenvalue weighted by Gasteiger charge is -2.17. The summed E-state index contributed by atoms with van der Waals surface area (Å²) in [4.78, 5) is 6.57. The maximum Gasteiger partial charge on any atom is 0.237 e. The van der Waals surface area contributed by atoms with E-state index in [4.69, 9.17) is 21.6 Å². The number of nitriles is 1. The average molecular weight is 390 g/mol. The van der Waals surface area contributed by atoms with E-state index in [-0.39, 0.29) is 5.88 Å². The van der Waals surface area contributed by atoms with Crippen molar-refractivity contribution in [2.45, 2.75) is 18.9 Å². The van der Waals surface area contributed by atoms with Crippen LogP contribution in [0.4, 0.5) is 0 Å². The van der Waals surface area contributed by atoms with Gasteiger partial charge in [0.05, 0.1) is 5.02 Å². The molecule has 4 nitrogen and oxygen atoms in total. The van der Waals surface area contributed by atoms with Crippen molar-refractivity contribution in [2.24, 2.45) is 0 Å². The average Bonchev–Trinajstić information content (AvgIpc) is 3.19. The molecule has 1 aromatic heterocycles. The summed E-state index contributed by atoms with van der Waals surface area (Å²) >= 11 is 6.43. The Labute approximate surface area is 170 Å². The standard InChI is InChI=1S/C23H20ClN3O/c24-21-13-17(8-9-22(21)28-23-19(14-25)7-4-11-26-23)15-27-12-10-20(16-27)18-5-2-1-3-6-18/h1-9,11,13,20H,10,12,15-16H2. The van der Waals surface area contributed by atoms with E-state index in [2.05, 4.69) is 46.3 Å². The van der Waals surface area contributed by atoms with Crippen LogP contribution < -0.4 is 4.74 Å². The lowest BCUT2D eigenvalue weighted by atomic mass is 9.99. The minimum absolute atomic E-state index is 0.268. The summed E-state index contributed by atoms with van der Waals surface area (Å²) in [6, 6.07) is 21.9. The third-order valence-corrected chi connectivity index (χ3v) is 5.34. The number of benzene rings is 2. The van der Waals surface area contributed by atoms with Gasteiger partial charge in [-0.3, -0.25) is 4.90 Å². The van der Waals surface area contributed by atoms with Gasteiger partial charge in [0.2, 0.25) is 5.88 Å². The molecule has 0 N–H and O–H groups in total. The summed E-state index contributed by atoms with van der Waals surface area (Å²) < 4.78 is 5.75. The molecule has 0 aliphatic carbocycles. The normalized spacial score (nSPS) is 16.6. The molecule has 140 valence electrons. The van der Waals surface area contributed by atoms with Crippen molar-refractivity contribution in [2.75, 3.05) is 13.1 Å². The van der Waals surface area contributed by atoms with Crippen LogP contribution in [0.3, 0.4) is 0 Å². The number of likely N-dealkylation sites (tertiary alicyclic amines) is 1. The summed E-state index contributed by atoms with van der Waals surface area (Å²) in [6.45, 7) is 2.99. The molecule has 0 spiro atoms. The van der Waals surface area contributed by atoms with E-state index >= 15 is 0 Å². The van der Waals surface area contributed by atoms with E-state index in [1.807, 2.05) is 18.2 Å². The highest BCUT2D eigenvalue weighted by molar-refractivity contribution is 6.32. The molecular formula is C23H20ClN3O. The quantitative estimate of drug-likeness (QED) is 0.587. The molecule has 0 amide bonds. The Bertz CT molecular complexity index is 1000. The first kappa shape index (κ1) is 18.5. The van der Waals surface area contributed by atoms with E-state index in [9.17, 15) is 0 Å². The van der Waals surface area contributed by atoms with E-state index < -0.39 is 0 Å². The number of hydrogen-bond donors (Lipinski definition) is 0. The molecule has 28 heavy (non-hydrogen) atoms. The van der Waals surface area contributed by atoms with Gasteiger partial charge in [0, 0.05) is 19.3 Å². The number of nitrogens with zero attached hydrogens (tertiary/aromatic N) is 3. The lowest BCUT2D eigenvalue weighted by molar-refractivity contribution is 0.326.